The van der Waals surface area contributed by atoms with Crippen molar-refractivity contribution in [2.24, 2.45) is 5.92 Å². The van der Waals surface area contributed by atoms with E-state index in [-0.39, 0.29) is 10.7 Å². The molecule has 0 atom stereocenters. The van der Waals surface area contributed by atoms with E-state index in [4.69, 9.17) is 9.72 Å². The summed E-state index contributed by atoms with van der Waals surface area (Å²) in [5.74, 6) is 1.90. The van der Waals surface area contributed by atoms with Gasteiger partial charge in [0, 0.05) is 25.2 Å². The lowest BCUT2D eigenvalue weighted by Crippen LogP contribution is -2.39. The van der Waals surface area contributed by atoms with E-state index in [9.17, 15) is 13.2 Å². The first-order chi connectivity index (χ1) is 17.4. The second-order valence-electron chi connectivity index (χ2n) is 9.16. The van der Waals surface area contributed by atoms with Crippen LogP contribution >= 0.6 is 0 Å². The number of carbonyl (C=O) groups excluding carboxylic acids is 1. The molecule has 8 heteroatoms. The number of aromatic nitrogens is 2. The first kappa shape index (κ1) is 24.2. The molecule has 36 heavy (non-hydrogen) atoms. The number of rotatable bonds is 8. The van der Waals surface area contributed by atoms with Crippen LogP contribution in [0.1, 0.15) is 35.9 Å². The number of fused-ring (bicyclic) bond motifs is 1. The van der Waals surface area contributed by atoms with Crippen LogP contribution in [0.3, 0.4) is 0 Å². The highest BCUT2D eigenvalue weighted by Gasteiger charge is 2.30. The summed E-state index contributed by atoms with van der Waals surface area (Å²) in [6.45, 7) is 3.52. The third kappa shape index (κ3) is 5.05. The maximum Gasteiger partial charge on any atom is 0.243 e. The summed E-state index contributed by atoms with van der Waals surface area (Å²) in [6.07, 6.45) is 1.52. The molecule has 0 amide bonds. The summed E-state index contributed by atoms with van der Waals surface area (Å²) in [5, 5.41) is 0. The van der Waals surface area contributed by atoms with Gasteiger partial charge in [-0.3, -0.25) is 4.79 Å². The molecule has 4 aromatic rings. The number of sulfonamides is 1. The molecule has 1 aliphatic heterocycles. The molecule has 186 valence electrons. The van der Waals surface area contributed by atoms with Crippen LogP contribution in [0, 0.1) is 5.92 Å². The van der Waals surface area contributed by atoms with E-state index < -0.39 is 10.0 Å². The van der Waals surface area contributed by atoms with E-state index in [1.54, 1.807) is 16.4 Å². The molecule has 3 aromatic carbocycles. The summed E-state index contributed by atoms with van der Waals surface area (Å²) < 4.78 is 36.1. The number of ketones is 1. The summed E-state index contributed by atoms with van der Waals surface area (Å²) in [6, 6.07) is 23.9. The summed E-state index contributed by atoms with van der Waals surface area (Å²) in [5.41, 5.74) is 2.50. The number of ether oxygens (including phenoxy) is 1. The Balaban J connectivity index is 1.28. The Morgan fingerprint density at radius 1 is 0.944 bits per heavy atom. The minimum Gasteiger partial charge on any atom is -0.486 e. The lowest BCUT2D eigenvalue weighted by Gasteiger charge is -2.31. The van der Waals surface area contributed by atoms with E-state index in [1.807, 2.05) is 48.5 Å². The predicted octanol–water partition coefficient (Wildman–Crippen LogP) is 4.92. The van der Waals surface area contributed by atoms with Crippen molar-refractivity contribution in [3.63, 3.8) is 0 Å². The number of imidazole rings is 1. The fourth-order valence-electron chi connectivity index (χ4n) is 4.70. The molecule has 0 spiro atoms. The van der Waals surface area contributed by atoms with Crippen LogP contribution in [0.15, 0.2) is 83.8 Å². The summed E-state index contributed by atoms with van der Waals surface area (Å²) in [4.78, 5) is 16.6. The van der Waals surface area contributed by atoms with Gasteiger partial charge in [-0.2, -0.15) is 4.31 Å². The maximum absolute atomic E-state index is 13.2. The normalized spacial score (nSPS) is 15.2. The number of nitrogens with zero attached hydrogens (tertiary/aromatic N) is 3. The molecule has 5 rings (SSSR count). The van der Waals surface area contributed by atoms with E-state index >= 15 is 0 Å². The Morgan fingerprint density at radius 3 is 2.31 bits per heavy atom. The largest absolute Gasteiger partial charge is 0.486 e. The van der Waals surface area contributed by atoms with Crippen molar-refractivity contribution in [1.82, 2.24) is 13.9 Å². The maximum atomic E-state index is 13.2. The minimum atomic E-state index is -3.59. The smallest absolute Gasteiger partial charge is 0.243 e. The van der Waals surface area contributed by atoms with E-state index in [0.717, 1.165) is 42.0 Å². The topological polar surface area (TPSA) is 81.5 Å². The first-order valence-corrected chi connectivity index (χ1v) is 13.6. The molecule has 0 N–H and O–H groups in total. The molecule has 0 aliphatic carbocycles. The summed E-state index contributed by atoms with van der Waals surface area (Å²) >= 11 is 0. The van der Waals surface area contributed by atoms with Crippen molar-refractivity contribution in [3.05, 3.63) is 90.3 Å². The lowest BCUT2D eigenvalue weighted by molar-refractivity contribution is 0.101. The molecular weight excluding hydrogens is 474 g/mol. The van der Waals surface area contributed by atoms with E-state index in [1.165, 1.54) is 19.1 Å². The van der Waals surface area contributed by atoms with Crippen molar-refractivity contribution >= 4 is 26.8 Å². The highest BCUT2D eigenvalue weighted by molar-refractivity contribution is 7.89. The molecule has 1 aliphatic rings. The molecule has 0 bridgehead atoms. The van der Waals surface area contributed by atoms with Crippen molar-refractivity contribution < 1.29 is 17.9 Å². The third-order valence-corrected chi connectivity index (χ3v) is 8.67. The highest BCUT2D eigenvalue weighted by Crippen LogP contribution is 2.27. The molecular formula is C28H29N3O4S. The van der Waals surface area contributed by atoms with Crippen molar-refractivity contribution in [2.75, 3.05) is 13.1 Å². The fourth-order valence-corrected chi connectivity index (χ4v) is 6.17. The van der Waals surface area contributed by atoms with Gasteiger partial charge in [0.15, 0.2) is 5.78 Å². The van der Waals surface area contributed by atoms with E-state index in [2.05, 4.69) is 10.6 Å². The quantitative estimate of drug-likeness (QED) is 0.319. The van der Waals surface area contributed by atoms with Crippen LogP contribution in [0.5, 0.6) is 5.75 Å². The Hall–Kier alpha value is -3.49. The van der Waals surface area contributed by atoms with E-state index in [0.29, 0.717) is 31.2 Å². The van der Waals surface area contributed by atoms with Gasteiger partial charge in [0.05, 0.1) is 15.9 Å². The Labute approximate surface area is 211 Å². The van der Waals surface area contributed by atoms with Gasteiger partial charge in [0.1, 0.15) is 18.2 Å². The van der Waals surface area contributed by atoms with Crippen LogP contribution in [0.4, 0.5) is 0 Å². The zero-order valence-corrected chi connectivity index (χ0v) is 21.0. The number of hydrogen-bond donors (Lipinski definition) is 0. The number of para-hydroxylation sites is 3. The van der Waals surface area contributed by atoms with Gasteiger partial charge in [-0.15, -0.1) is 0 Å². The third-order valence-electron chi connectivity index (χ3n) is 6.76. The number of piperidine rings is 1. The SMILES string of the molecule is CC(=O)c1ccc(S(=O)(=O)N2CCC(Cn3c(COc4ccccc4)nc4ccccc43)CC2)cc1. The van der Waals surface area contributed by atoms with Gasteiger partial charge in [-0.1, -0.05) is 42.5 Å². The second-order valence-corrected chi connectivity index (χ2v) is 11.1. The van der Waals surface area contributed by atoms with Crippen LogP contribution in [0.2, 0.25) is 0 Å². The van der Waals surface area contributed by atoms with Gasteiger partial charge in [-0.25, -0.2) is 13.4 Å². The monoisotopic (exact) mass is 503 g/mol. The van der Waals surface area contributed by atoms with Crippen LogP contribution in [-0.4, -0.2) is 41.1 Å². The van der Waals surface area contributed by atoms with Crippen LogP contribution in [0.25, 0.3) is 11.0 Å². The number of benzene rings is 3. The average Bonchev–Trinajstić information content (AvgIpc) is 3.25. The Bertz CT molecular complexity index is 1460. The molecule has 7 nitrogen and oxygen atoms in total. The van der Waals surface area contributed by atoms with Gasteiger partial charge in [-0.05, 0) is 62.1 Å². The molecule has 1 aromatic heterocycles. The molecule has 2 heterocycles. The highest BCUT2D eigenvalue weighted by atomic mass is 32.2. The zero-order chi connectivity index (χ0) is 25.1. The van der Waals surface area contributed by atoms with Gasteiger partial charge < -0.3 is 9.30 Å². The summed E-state index contributed by atoms with van der Waals surface area (Å²) in [7, 11) is -3.59. The van der Waals surface area contributed by atoms with Crippen molar-refractivity contribution in [1.29, 1.82) is 0 Å². The molecule has 1 saturated heterocycles. The van der Waals surface area contributed by atoms with Crippen LogP contribution < -0.4 is 4.74 Å². The molecule has 0 unspecified atom stereocenters. The van der Waals surface area contributed by atoms with Gasteiger partial charge in [0.25, 0.3) is 0 Å². The zero-order valence-electron chi connectivity index (χ0n) is 20.2. The lowest BCUT2D eigenvalue weighted by atomic mass is 9.98. The Kier molecular flexibility index (Phi) is 6.89. The van der Waals surface area contributed by atoms with Crippen LogP contribution in [-0.2, 0) is 23.2 Å². The molecule has 0 radical (unpaired) electrons. The first-order valence-electron chi connectivity index (χ1n) is 12.1. The molecule has 1 fully saturated rings. The van der Waals surface area contributed by atoms with Gasteiger partial charge >= 0.3 is 0 Å². The number of carbonyl (C=O) groups is 1. The Morgan fingerprint density at radius 2 is 1.61 bits per heavy atom. The fraction of sp³-hybridized carbons (Fsp3) is 0.286. The van der Waals surface area contributed by atoms with Crippen molar-refractivity contribution in [3.8, 4) is 5.75 Å². The number of hydrogen-bond acceptors (Lipinski definition) is 5. The molecule has 0 saturated carbocycles. The van der Waals surface area contributed by atoms with Crippen molar-refractivity contribution in [2.45, 2.75) is 37.8 Å². The number of Topliss-reactive ketones (excluding diaryl/α,β-unsaturated/α-hetero) is 1. The minimum absolute atomic E-state index is 0.0830. The second kappa shape index (κ2) is 10.2. The predicted molar refractivity (Wildman–Crippen MR) is 138 cm³/mol. The van der Waals surface area contributed by atoms with Gasteiger partial charge in [0.2, 0.25) is 10.0 Å². The standard InChI is InChI=1S/C28H29N3O4S/c1-21(32)23-11-13-25(14-12-23)36(33,34)30-17-15-22(16-18-30)19-31-27-10-6-5-9-26(27)29-28(31)20-35-24-7-3-2-4-8-24/h2-14,22H,15-20H2,1H3. The average molecular weight is 504 g/mol.